The molecule has 0 aliphatic heterocycles. The standard InChI is InChI=1S/C34H29IN2O4S/c1-4-37-31-16-14-23(33(39)26-12-8-9-13-29(26)35)19-27(31)28-20-24(15-17-32(28)37)34(40)30(36-41-22(3)38)18-21(2)42-25-10-6-5-7-11-25/h5-17,19-21H,4,18H2,1-3H3/b36-30+. The van der Waals surface area contributed by atoms with Crippen molar-refractivity contribution in [2.24, 2.45) is 5.16 Å². The Morgan fingerprint density at radius 1 is 0.881 bits per heavy atom. The van der Waals surface area contributed by atoms with Crippen LogP contribution in [-0.4, -0.2) is 33.1 Å². The predicted molar refractivity (Wildman–Crippen MR) is 178 cm³/mol. The van der Waals surface area contributed by atoms with E-state index < -0.39 is 5.97 Å². The first-order valence-electron chi connectivity index (χ1n) is 13.6. The molecule has 5 aromatic rings. The van der Waals surface area contributed by atoms with Crippen molar-refractivity contribution in [3.05, 3.63) is 111 Å². The molecule has 0 spiro atoms. The van der Waals surface area contributed by atoms with Crippen LogP contribution in [0.15, 0.2) is 101 Å². The minimum absolute atomic E-state index is 0.00532. The molecular formula is C34H29IN2O4S. The van der Waals surface area contributed by atoms with Gasteiger partial charge in [-0.2, -0.15) is 0 Å². The molecule has 1 heterocycles. The molecule has 1 atom stereocenters. The second-order valence-corrected chi connectivity index (χ2v) is 12.6. The smallest absolute Gasteiger partial charge is 0.331 e. The third-order valence-corrected chi connectivity index (χ3v) is 8.99. The first kappa shape index (κ1) is 29.7. The number of halogens is 1. The molecule has 0 aliphatic rings. The van der Waals surface area contributed by atoms with Crippen LogP contribution < -0.4 is 0 Å². The van der Waals surface area contributed by atoms with Gasteiger partial charge in [-0.3, -0.25) is 9.59 Å². The first-order valence-corrected chi connectivity index (χ1v) is 15.6. The van der Waals surface area contributed by atoms with E-state index in [1.807, 2.05) is 91.9 Å². The molecule has 5 rings (SSSR count). The van der Waals surface area contributed by atoms with Gasteiger partial charge < -0.3 is 9.40 Å². The van der Waals surface area contributed by atoms with E-state index in [1.54, 1.807) is 17.8 Å². The summed E-state index contributed by atoms with van der Waals surface area (Å²) < 4.78 is 3.06. The van der Waals surface area contributed by atoms with Gasteiger partial charge in [-0.1, -0.05) is 42.4 Å². The number of Topliss-reactive ketones (excluding diaryl/α,β-unsaturated/α-hetero) is 1. The maximum Gasteiger partial charge on any atom is 0.331 e. The second-order valence-electron chi connectivity index (χ2n) is 9.91. The molecule has 0 amide bonds. The molecule has 1 aromatic heterocycles. The zero-order valence-corrected chi connectivity index (χ0v) is 26.4. The highest BCUT2D eigenvalue weighted by Crippen LogP contribution is 2.32. The fourth-order valence-corrected chi connectivity index (χ4v) is 6.68. The van der Waals surface area contributed by atoms with Crippen LogP contribution in [0.2, 0.25) is 0 Å². The van der Waals surface area contributed by atoms with E-state index in [4.69, 9.17) is 4.84 Å². The minimum Gasteiger partial charge on any atom is -0.341 e. The van der Waals surface area contributed by atoms with Crippen LogP contribution in [0.1, 0.15) is 53.5 Å². The lowest BCUT2D eigenvalue weighted by Gasteiger charge is -2.12. The molecule has 6 nitrogen and oxygen atoms in total. The Morgan fingerprint density at radius 2 is 1.50 bits per heavy atom. The average molecular weight is 689 g/mol. The number of aryl methyl sites for hydroxylation is 1. The molecule has 212 valence electrons. The van der Waals surface area contributed by atoms with E-state index in [-0.39, 0.29) is 22.5 Å². The number of aromatic nitrogens is 1. The SMILES string of the molecule is CCn1c2ccc(C(=O)/C(CC(C)Sc3ccccc3)=N/OC(C)=O)cc2c2cc(C(=O)c3ccccc3I)ccc21. The monoisotopic (exact) mass is 688 g/mol. The molecule has 42 heavy (non-hydrogen) atoms. The number of oxime groups is 1. The molecule has 0 fully saturated rings. The van der Waals surface area contributed by atoms with E-state index in [2.05, 4.69) is 39.2 Å². The van der Waals surface area contributed by atoms with Crippen molar-refractivity contribution in [2.75, 3.05) is 0 Å². The molecular weight excluding hydrogens is 659 g/mol. The van der Waals surface area contributed by atoms with Crippen LogP contribution in [0.25, 0.3) is 21.8 Å². The average Bonchev–Trinajstić information content (AvgIpc) is 3.31. The van der Waals surface area contributed by atoms with Crippen LogP contribution >= 0.6 is 34.4 Å². The molecule has 0 bridgehead atoms. The Kier molecular flexibility index (Phi) is 9.23. The van der Waals surface area contributed by atoms with Crippen molar-refractivity contribution in [3.8, 4) is 0 Å². The lowest BCUT2D eigenvalue weighted by Crippen LogP contribution is -2.19. The molecule has 0 aliphatic carbocycles. The Morgan fingerprint density at radius 3 is 2.14 bits per heavy atom. The third kappa shape index (κ3) is 6.34. The molecule has 8 heteroatoms. The van der Waals surface area contributed by atoms with Gasteiger partial charge in [0, 0.05) is 72.1 Å². The van der Waals surface area contributed by atoms with Gasteiger partial charge >= 0.3 is 5.97 Å². The van der Waals surface area contributed by atoms with E-state index in [1.165, 1.54) is 6.92 Å². The Hall–Kier alpha value is -3.76. The van der Waals surface area contributed by atoms with Crippen LogP contribution in [-0.2, 0) is 16.2 Å². The van der Waals surface area contributed by atoms with Gasteiger partial charge in [0.2, 0.25) is 5.78 Å². The van der Waals surface area contributed by atoms with Crippen molar-refractivity contribution < 1.29 is 19.2 Å². The van der Waals surface area contributed by atoms with Crippen LogP contribution in [0.5, 0.6) is 0 Å². The Bertz CT molecular complexity index is 1850. The predicted octanol–water partition coefficient (Wildman–Crippen LogP) is 8.32. The maximum absolute atomic E-state index is 13.8. The fourth-order valence-electron chi connectivity index (χ4n) is 5.03. The number of hydrogen-bond acceptors (Lipinski definition) is 6. The van der Waals surface area contributed by atoms with Gasteiger partial charge in [0.15, 0.2) is 5.78 Å². The normalized spacial score (nSPS) is 12.4. The number of carbonyl (C=O) groups is 3. The van der Waals surface area contributed by atoms with E-state index in [9.17, 15) is 14.4 Å². The minimum atomic E-state index is -0.588. The summed E-state index contributed by atoms with van der Waals surface area (Å²) in [5.41, 5.74) is 3.81. The number of rotatable bonds is 10. The van der Waals surface area contributed by atoms with Crippen molar-refractivity contribution in [1.82, 2.24) is 4.57 Å². The Labute approximate surface area is 262 Å². The topological polar surface area (TPSA) is 77.7 Å². The quantitative estimate of drug-likeness (QED) is 0.0369. The summed E-state index contributed by atoms with van der Waals surface area (Å²) in [6, 6.07) is 28.8. The summed E-state index contributed by atoms with van der Waals surface area (Å²) in [6.07, 6.45) is 0.314. The molecule has 1 unspecified atom stereocenters. The number of fused-ring (bicyclic) bond motifs is 3. The lowest BCUT2D eigenvalue weighted by molar-refractivity contribution is -0.140. The molecule has 0 saturated heterocycles. The van der Waals surface area contributed by atoms with Crippen molar-refractivity contribution in [3.63, 3.8) is 0 Å². The zero-order valence-electron chi connectivity index (χ0n) is 23.5. The number of benzene rings is 4. The summed E-state index contributed by atoms with van der Waals surface area (Å²) in [5.74, 6) is -0.940. The summed E-state index contributed by atoms with van der Waals surface area (Å²) in [6.45, 7) is 6.07. The van der Waals surface area contributed by atoms with Crippen molar-refractivity contribution in [1.29, 1.82) is 0 Å². The first-order chi connectivity index (χ1) is 20.3. The van der Waals surface area contributed by atoms with Gasteiger partial charge in [0.25, 0.3) is 0 Å². The number of thioether (sulfide) groups is 1. The van der Waals surface area contributed by atoms with Gasteiger partial charge in [0.1, 0.15) is 5.71 Å². The van der Waals surface area contributed by atoms with Gasteiger partial charge in [-0.05, 0) is 90.2 Å². The molecule has 0 radical (unpaired) electrons. The van der Waals surface area contributed by atoms with Gasteiger partial charge in [-0.25, -0.2) is 4.79 Å². The summed E-state index contributed by atoms with van der Waals surface area (Å²) in [4.78, 5) is 44.8. The molecule has 0 saturated carbocycles. The summed E-state index contributed by atoms with van der Waals surface area (Å²) in [5, 5.41) is 5.75. The van der Waals surface area contributed by atoms with Crippen LogP contribution in [0, 0.1) is 3.57 Å². The number of ketones is 2. The summed E-state index contributed by atoms with van der Waals surface area (Å²) in [7, 11) is 0. The molecule has 0 N–H and O–H groups in total. The molecule has 4 aromatic carbocycles. The number of carbonyl (C=O) groups excluding carboxylic acids is 3. The van der Waals surface area contributed by atoms with Crippen LogP contribution in [0.3, 0.4) is 0 Å². The largest absolute Gasteiger partial charge is 0.341 e. The highest BCUT2D eigenvalue weighted by atomic mass is 127. The zero-order chi connectivity index (χ0) is 29.8. The Balaban J connectivity index is 1.53. The number of nitrogens with zero attached hydrogens (tertiary/aromatic N) is 2. The maximum atomic E-state index is 13.8. The van der Waals surface area contributed by atoms with Gasteiger partial charge in [-0.15, -0.1) is 11.8 Å². The van der Waals surface area contributed by atoms with Gasteiger partial charge in [0.05, 0.1) is 0 Å². The fraction of sp³-hybridized carbons (Fsp3) is 0.176. The number of hydrogen-bond donors (Lipinski definition) is 0. The van der Waals surface area contributed by atoms with Crippen molar-refractivity contribution >= 4 is 79.4 Å². The van der Waals surface area contributed by atoms with E-state index in [0.717, 1.165) is 36.8 Å². The summed E-state index contributed by atoms with van der Waals surface area (Å²) >= 11 is 3.80. The highest BCUT2D eigenvalue weighted by Gasteiger charge is 2.22. The highest BCUT2D eigenvalue weighted by molar-refractivity contribution is 14.1. The lowest BCUT2D eigenvalue weighted by atomic mass is 9.99. The van der Waals surface area contributed by atoms with Crippen LogP contribution in [0.4, 0.5) is 0 Å². The van der Waals surface area contributed by atoms with Crippen molar-refractivity contribution in [2.45, 2.75) is 43.9 Å². The van der Waals surface area contributed by atoms with E-state index in [0.29, 0.717) is 23.1 Å². The van der Waals surface area contributed by atoms with E-state index >= 15 is 0 Å². The second kappa shape index (κ2) is 13.0. The third-order valence-electron chi connectivity index (χ3n) is 6.93.